The van der Waals surface area contributed by atoms with E-state index in [0.717, 1.165) is 46.0 Å². The third-order valence-corrected chi connectivity index (χ3v) is 5.21. The molecule has 0 radical (unpaired) electrons. The van der Waals surface area contributed by atoms with Crippen LogP contribution >= 0.6 is 0 Å². The molecule has 0 atom stereocenters. The summed E-state index contributed by atoms with van der Waals surface area (Å²) >= 11 is 0. The summed E-state index contributed by atoms with van der Waals surface area (Å²) in [6, 6.07) is 19.1. The maximum atomic E-state index is 12.8. The first-order chi connectivity index (χ1) is 15.0. The molecule has 6 nitrogen and oxygen atoms in total. The first-order valence-electron chi connectivity index (χ1n) is 10.5. The van der Waals surface area contributed by atoms with Gasteiger partial charge >= 0.3 is 6.09 Å². The molecule has 0 bridgehead atoms. The predicted octanol–water partition coefficient (Wildman–Crippen LogP) is 5.63. The van der Waals surface area contributed by atoms with Gasteiger partial charge in [-0.3, -0.25) is 9.47 Å². The Balaban J connectivity index is 1.70. The second-order valence-electron chi connectivity index (χ2n) is 7.41. The van der Waals surface area contributed by atoms with Gasteiger partial charge in [-0.15, -0.1) is 0 Å². The van der Waals surface area contributed by atoms with Crippen molar-refractivity contribution < 1.29 is 9.53 Å². The van der Waals surface area contributed by atoms with Gasteiger partial charge in [-0.2, -0.15) is 0 Å². The summed E-state index contributed by atoms with van der Waals surface area (Å²) in [5.74, 6) is 1.39. The molecule has 0 saturated heterocycles. The number of aromatic nitrogens is 3. The van der Waals surface area contributed by atoms with E-state index in [1.54, 1.807) is 11.0 Å². The zero-order valence-electron chi connectivity index (χ0n) is 18.3. The Bertz CT molecular complexity index is 1230. The van der Waals surface area contributed by atoms with Gasteiger partial charge in [0.25, 0.3) is 0 Å². The van der Waals surface area contributed by atoms with Crippen LogP contribution in [0.3, 0.4) is 0 Å². The SMILES string of the molecule is CCc1nc2c(C)cc(C)nc2n1-c1cccc(OC(=O)N(CC)c2ccccc2)c1. The highest BCUT2D eigenvalue weighted by Gasteiger charge is 2.18. The average molecular weight is 415 g/mol. The lowest BCUT2D eigenvalue weighted by Gasteiger charge is -2.20. The molecule has 1 amide bonds. The van der Waals surface area contributed by atoms with Crippen molar-refractivity contribution in [2.24, 2.45) is 0 Å². The van der Waals surface area contributed by atoms with Crippen molar-refractivity contribution in [3.63, 3.8) is 0 Å². The molecule has 31 heavy (non-hydrogen) atoms. The van der Waals surface area contributed by atoms with Crippen molar-refractivity contribution in [1.29, 1.82) is 0 Å². The number of benzene rings is 2. The Hall–Kier alpha value is -3.67. The number of hydrogen-bond acceptors (Lipinski definition) is 4. The van der Waals surface area contributed by atoms with Crippen molar-refractivity contribution >= 4 is 22.9 Å². The van der Waals surface area contributed by atoms with Crippen molar-refractivity contribution in [2.45, 2.75) is 34.1 Å². The van der Waals surface area contributed by atoms with Crippen LogP contribution in [0.25, 0.3) is 16.9 Å². The summed E-state index contributed by atoms with van der Waals surface area (Å²) in [4.78, 5) is 24.0. The van der Waals surface area contributed by atoms with E-state index in [4.69, 9.17) is 14.7 Å². The number of pyridine rings is 1. The summed E-state index contributed by atoms with van der Waals surface area (Å²) in [6.07, 6.45) is 0.345. The highest BCUT2D eigenvalue weighted by atomic mass is 16.6. The number of carbonyl (C=O) groups is 1. The molecule has 0 aliphatic rings. The molecule has 4 rings (SSSR count). The van der Waals surface area contributed by atoms with Gasteiger partial charge in [0.2, 0.25) is 0 Å². The van der Waals surface area contributed by atoms with Crippen molar-refractivity contribution in [3.05, 3.63) is 77.7 Å². The Morgan fingerprint density at radius 3 is 2.48 bits per heavy atom. The lowest BCUT2D eigenvalue weighted by molar-refractivity contribution is 0.208. The molecular weight excluding hydrogens is 388 g/mol. The summed E-state index contributed by atoms with van der Waals surface area (Å²) in [6.45, 7) is 8.54. The Morgan fingerprint density at radius 2 is 1.77 bits per heavy atom. The predicted molar refractivity (Wildman–Crippen MR) is 123 cm³/mol. The van der Waals surface area contributed by atoms with Crippen LogP contribution in [0.15, 0.2) is 60.7 Å². The summed E-state index contributed by atoms with van der Waals surface area (Å²) in [7, 11) is 0. The fraction of sp³-hybridized carbons (Fsp3) is 0.240. The van der Waals surface area contributed by atoms with E-state index in [1.807, 2.05) is 73.0 Å². The van der Waals surface area contributed by atoms with E-state index in [0.29, 0.717) is 12.3 Å². The molecular formula is C25H26N4O2. The van der Waals surface area contributed by atoms with Crippen LogP contribution in [0.5, 0.6) is 5.75 Å². The minimum atomic E-state index is -0.415. The Kier molecular flexibility index (Phi) is 5.71. The number of rotatable bonds is 5. The number of anilines is 1. The molecule has 6 heteroatoms. The summed E-state index contributed by atoms with van der Waals surface area (Å²) in [5.41, 5.74) is 5.42. The van der Waals surface area contributed by atoms with Crippen molar-refractivity contribution in [3.8, 4) is 11.4 Å². The van der Waals surface area contributed by atoms with E-state index in [1.165, 1.54) is 0 Å². The fourth-order valence-corrected chi connectivity index (χ4v) is 3.78. The number of carbonyl (C=O) groups excluding carboxylic acids is 1. The maximum Gasteiger partial charge on any atom is 0.419 e. The molecule has 2 aromatic heterocycles. The van der Waals surface area contributed by atoms with Gasteiger partial charge in [-0.25, -0.2) is 14.8 Å². The van der Waals surface area contributed by atoms with Crippen LogP contribution in [0.1, 0.15) is 30.9 Å². The van der Waals surface area contributed by atoms with Crippen LogP contribution < -0.4 is 9.64 Å². The molecule has 0 spiro atoms. The fourth-order valence-electron chi connectivity index (χ4n) is 3.78. The van der Waals surface area contributed by atoms with Crippen LogP contribution in [0.2, 0.25) is 0 Å². The quantitative estimate of drug-likeness (QED) is 0.425. The molecule has 0 fully saturated rings. The number of fused-ring (bicyclic) bond motifs is 1. The zero-order valence-corrected chi connectivity index (χ0v) is 18.3. The summed E-state index contributed by atoms with van der Waals surface area (Å²) < 4.78 is 7.77. The van der Waals surface area contributed by atoms with Gasteiger partial charge in [-0.1, -0.05) is 31.2 Å². The second-order valence-corrected chi connectivity index (χ2v) is 7.41. The van der Waals surface area contributed by atoms with Gasteiger partial charge in [0.1, 0.15) is 17.1 Å². The normalized spacial score (nSPS) is 11.0. The van der Waals surface area contributed by atoms with Gasteiger partial charge in [0.15, 0.2) is 5.65 Å². The molecule has 4 aromatic rings. The number of ether oxygens (including phenoxy) is 1. The van der Waals surface area contributed by atoms with Gasteiger partial charge in [0.05, 0.1) is 5.69 Å². The molecule has 0 aliphatic carbocycles. The highest BCUT2D eigenvalue weighted by molar-refractivity contribution is 5.89. The van der Waals surface area contributed by atoms with E-state index >= 15 is 0 Å². The molecule has 0 aliphatic heterocycles. The third-order valence-electron chi connectivity index (χ3n) is 5.21. The molecule has 2 aromatic carbocycles. The topological polar surface area (TPSA) is 60.2 Å². The lowest BCUT2D eigenvalue weighted by atomic mass is 10.2. The number of amides is 1. The summed E-state index contributed by atoms with van der Waals surface area (Å²) in [5, 5.41) is 0. The Labute approximate surface area is 182 Å². The number of hydrogen-bond donors (Lipinski definition) is 0. The smallest absolute Gasteiger partial charge is 0.410 e. The molecule has 2 heterocycles. The first kappa shape index (κ1) is 20.6. The highest BCUT2D eigenvalue weighted by Crippen LogP contribution is 2.26. The minimum Gasteiger partial charge on any atom is -0.410 e. The Morgan fingerprint density at radius 1 is 1.00 bits per heavy atom. The monoisotopic (exact) mass is 414 g/mol. The van der Waals surface area contributed by atoms with Crippen LogP contribution in [0.4, 0.5) is 10.5 Å². The number of imidazole rings is 1. The maximum absolute atomic E-state index is 12.8. The van der Waals surface area contributed by atoms with Gasteiger partial charge < -0.3 is 4.74 Å². The van der Waals surface area contributed by atoms with Crippen LogP contribution in [-0.2, 0) is 6.42 Å². The first-order valence-corrected chi connectivity index (χ1v) is 10.5. The molecule has 158 valence electrons. The number of para-hydroxylation sites is 1. The molecule has 0 unspecified atom stereocenters. The largest absolute Gasteiger partial charge is 0.419 e. The second kappa shape index (κ2) is 8.60. The van der Waals surface area contributed by atoms with Crippen LogP contribution in [-0.4, -0.2) is 27.2 Å². The number of nitrogens with zero attached hydrogens (tertiary/aromatic N) is 4. The van der Waals surface area contributed by atoms with E-state index in [9.17, 15) is 4.79 Å². The third kappa shape index (κ3) is 4.01. The van der Waals surface area contributed by atoms with Crippen molar-refractivity contribution in [1.82, 2.24) is 14.5 Å². The van der Waals surface area contributed by atoms with Gasteiger partial charge in [0, 0.05) is 30.4 Å². The van der Waals surface area contributed by atoms with Crippen LogP contribution in [0, 0.1) is 13.8 Å². The average Bonchev–Trinajstić information content (AvgIpc) is 3.14. The van der Waals surface area contributed by atoms with Gasteiger partial charge in [-0.05, 0) is 56.7 Å². The molecule has 0 N–H and O–H groups in total. The standard InChI is InChI=1S/C25H26N4O2/c1-5-22-27-23-17(3)15-18(4)26-24(23)29(22)20-13-10-14-21(16-20)31-25(30)28(6-2)19-11-8-7-9-12-19/h7-16H,5-6H2,1-4H3. The van der Waals surface area contributed by atoms with Crippen molar-refractivity contribution in [2.75, 3.05) is 11.4 Å². The number of aryl methyl sites for hydroxylation is 3. The van der Waals surface area contributed by atoms with E-state index in [2.05, 4.69) is 13.8 Å². The lowest BCUT2D eigenvalue weighted by Crippen LogP contribution is -2.33. The van der Waals surface area contributed by atoms with E-state index < -0.39 is 6.09 Å². The minimum absolute atomic E-state index is 0.415. The molecule has 0 saturated carbocycles. The van der Waals surface area contributed by atoms with E-state index in [-0.39, 0.29) is 0 Å². The zero-order chi connectivity index (χ0) is 22.0.